The fraction of sp³-hybridized carbons (Fsp3) is 0.444. The van der Waals surface area contributed by atoms with E-state index in [-0.39, 0.29) is 0 Å². The van der Waals surface area contributed by atoms with Gasteiger partial charge in [-0.25, -0.2) is 0 Å². The Hall–Kier alpha value is -0.890. The van der Waals surface area contributed by atoms with Crippen molar-refractivity contribution in [1.82, 2.24) is 10.3 Å². The third-order valence-corrected chi connectivity index (χ3v) is 1.07. The molecule has 0 spiro atoms. The van der Waals surface area contributed by atoms with Crippen LogP contribution >= 0.6 is 0 Å². The molecule has 0 amide bonds. The van der Waals surface area contributed by atoms with Crippen LogP contribution in [0.3, 0.4) is 0 Å². The van der Waals surface area contributed by atoms with Crippen molar-refractivity contribution >= 4 is 0 Å². The van der Waals surface area contributed by atoms with Crippen molar-refractivity contribution in [3.8, 4) is 0 Å². The highest BCUT2D eigenvalue weighted by atomic mass is 14.8. The van der Waals surface area contributed by atoms with E-state index in [1.807, 2.05) is 25.2 Å². The summed E-state index contributed by atoms with van der Waals surface area (Å²) in [5.41, 5.74) is 0. The van der Waals surface area contributed by atoms with Gasteiger partial charge in [0, 0.05) is 12.4 Å². The number of rotatable bonds is 2. The average Bonchev–Trinajstić information content (AvgIpc) is 2.10. The summed E-state index contributed by atoms with van der Waals surface area (Å²) in [4.78, 5) is 3.78. The summed E-state index contributed by atoms with van der Waals surface area (Å²) in [6, 6.07) is 5.72. The van der Waals surface area contributed by atoms with Gasteiger partial charge in [0.15, 0.2) is 0 Å². The van der Waals surface area contributed by atoms with Crippen molar-refractivity contribution in [2.24, 2.45) is 0 Å². The van der Waals surface area contributed by atoms with E-state index in [0.29, 0.717) is 0 Å². The van der Waals surface area contributed by atoms with Gasteiger partial charge in [0.1, 0.15) is 0 Å². The molecule has 0 aliphatic rings. The molecule has 0 saturated heterocycles. The first kappa shape index (κ1) is 10.1. The Morgan fingerprint density at radius 3 is 1.91 bits per heavy atom. The normalized spacial score (nSPS) is 8.18. The highest BCUT2D eigenvalue weighted by Crippen LogP contribution is 1.73. The summed E-state index contributed by atoms with van der Waals surface area (Å²) < 4.78 is 0. The molecule has 1 rings (SSSR count). The molecule has 11 heavy (non-hydrogen) atoms. The molecule has 0 radical (unpaired) electrons. The smallest absolute Gasteiger partial charge is 0.0267 e. The van der Waals surface area contributed by atoms with E-state index in [1.54, 1.807) is 12.4 Å². The van der Waals surface area contributed by atoms with Gasteiger partial charge >= 0.3 is 0 Å². The van der Waals surface area contributed by atoms with Crippen LogP contribution in [0.5, 0.6) is 0 Å². The van der Waals surface area contributed by atoms with Crippen molar-refractivity contribution in [3.63, 3.8) is 0 Å². The molecule has 0 aliphatic carbocycles. The predicted molar refractivity (Wildman–Crippen MR) is 48.5 cm³/mol. The first-order valence-corrected chi connectivity index (χ1v) is 3.91. The molecule has 2 nitrogen and oxygen atoms in total. The zero-order chi connectivity index (χ0) is 8.36. The minimum absolute atomic E-state index is 1.14. The van der Waals surface area contributed by atoms with Crippen LogP contribution in [-0.4, -0.2) is 18.6 Å². The Bertz CT molecular complexity index is 111. The van der Waals surface area contributed by atoms with Gasteiger partial charge in [0.2, 0.25) is 0 Å². The predicted octanol–water partition coefficient (Wildman–Crippen LogP) is 1.70. The highest BCUT2D eigenvalue weighted by molar-refractivity contribution is 4.88. The molecule has 2 heteroatoms. The first-order chi connectivity index (χ1) is 5.41. The zero-order valence-electron chi connectivity index (χ0n) is 7.25. The van der Waals surface area contributed by atoms with Crippen LogP contribution < -0.4 is 5.32 Å². The number of hydrogen-bond acceptors (Lipinski definition) is 2. The van der Waals surface area contributed by atoms with Gasteiger partial charge in [-0.3, -0.25) is 4.98 Å². The van der Waals surface area contributed by atoms with Crippen LogP contribution in [-0.2, 0) is 0 Å². The number of nitrogens with zero attached hydrogens (tertiary/aromatic N) is 1. The average molecular weight is 152 g/mol. The maximum atomic E-state index is 3.78. The molecule has 0 saturated carbocycles. The van der Waals surface area contributed by atoms with Gasteiger partial charge in [-0.15, -0.1) is 0 Å². The van der Waals surface area contributed by atoms with Crippen molar-refractivity contribution in [2.45, 2.75) is 13.3 Å². The molecule has 0 aliphatic heterocycles. The molecule has 1 heterocycles. The maximum absolute atomic E-state index is 3.78. The molecule has 62 valence electrons. The SMILES string of the molecule is CCCNC.c1ccncc1. The van der Waals surface area contributed by atoms with E-state index in [0.717, 1.165) is 6.54 Å². The number of aromatic nitrogens is 1. The van der Waals surface area contributed by atoms with Gasteiger partial charge in [0.05, 0.1) is 0 Å². The summed E-state index contributed by atoms with van der Waals surface area (Å²) in [6.07, 6.45) is 4.73. The summed E-state index contributed by atoms with van der Waals surface area (Å²) in [6.45, 7) is 3.29. The highest BCUT2D eigenvalue weighted by Gasteiger charge is 1.64. The van der Waals surface area contributed by atoms with Crippen molar-refractivity contribution in [2.75, 3.05) is 13.6 Å². The van der Waals surface area contributed by atoms with E-state index in [2.05, 4.69) is 17.2 Å². The molecule has 1 aromatic rings. The lowest BCUT2D eigenvalue weighted by Gasteiger charge is -1.84. The second-order valence-electron chi connectivity index (χ2n) is 2.13. The topological polar surface area (TPSA) is 24.9 Å². The van der Waals surface area contributed by atoms with Crippen LogP contribution in [0, 0.1) is 0 Å². The molecular weight excluding hydrogens is 136 g/mol. The molecule has 0 atom stereocenters. The standard InChI is InChI=1S/C5H5N.C4H11N/c1-2-4-6-5-3-1;1-3-4-5-2/h1-5H;5H,3-4H2,1-2H3. The van der Waals surface area contributed by atoms with E-state index >= 15 is 0 Å². The summed E-state index contributed by atoms with van der Waals surface area (Å²) in [7, 11) is 1.96. The van der Waals surface area contributed by atoms with E-state index in [9.17, 15) is 0 Å². The Morgan fingerprint density at radius 2 is 1.82 bits per heavy atom. The summed E-state index contributed by atoms with van der Waals surface area (Å²) in [5, 5.41) is 3.02. The van der Waals surface area contributed by atoms with Crippen LogP contribution in [0.1, 0.15) is 13.3 Å². The molecule has 1 N–H and O–H groups in total. The number of nitrogens with one attached hydrogen (secondary N) is 1. The third-order valence-electron chi connectivity index (χ3n) is 1.07. The lowest BCUT2D eigenvalue weighted by atomic mass is 10.5. The molecule has 1 aromatic heterocycles. The first-order valence-electron chi connectivity index (χ1n) is 3.91. The minimum Gasteiger partial charge on any atom is -0.320 e. The quantitative estimate of drug-likeness (QED) is 0.697. The molecule has 0 aromatic carbocycles. The van der Waals surface area contributed by atoms with E-state index < -0.39 is 0 Å². The third kappa shape index (κ3) is 9.11. The fourth-order valence-electron chi connectivity index (χ4n) is 0.563. The molecular formula is C9H16N2. The van der Waals surface area contributed by atoms with Gasteiger partial charge < -0.3 is 5.32 Å². The maximum Gasteiger partial charge on any atom is 0.0267 e. The van der Waals surface area contributed by atoms with Crippen LogP contribution in [0.25, 0.3) is 0 Å². The summed E-state index contributed by atoms with van der Waals surface area (Å²) >= 11 is 0. The molecule has 0 unspecified atom stereocenters. The molecule has 0 fully saturated rings. The Balaban J connectivity index is 0.000000187. The van der Waals surface area contributed by atoms with Crippen molar-refractivity contribution in [3.05, 3.63) is 30.6 Å². The lowest BCUT2D eigenvalue weighted by Crippen LogP contribution is -2.04. The summed E-state index contributed by atoms with van der Waals surface area (Å²) in [5.74, 6) is 0. The fourth-order valence-corrected chi connectivity index (χ4v) is 0.563. The second kappa shape index (κ2) is 9.11. The van der Waals surface area contributed by atoms with Crippen LogP contribution in [0.4, 0.5) is 0 Å². The van der Waals surface area contributed by atoms with E-state index in [4.69, 9.17) is 0 Å². The van der Waals surface area contributed by atoms with Crippen LogP contribution in [0.2, 0.25) is 0 Å². The van der Waals surface area contributed by atoms with E-state index in [1.165, 1.54) is 6.42 Å². The van der Waals surface area contributed by atoms with Crippen molar-refractivity contribution in [1.29, 1.82) is 0 Å². The van der Waals surface area contributed by atoms with Gasteiger partial charge in [0.25, 0.3) is 0 Å². The Morgan fingerprint density at radius 1 is 1.18 bits per heavy atom. The lowest BCUT2D eigenvalue weighted by molar-refractivity contribution is 0.772. The Labute approximate surface area is 68.7 Å². The van der Waals surface area contributed by atoms with Gasteiger partial charge in [-0.05, 0) is 32.1 Å². The number of hydrogen-bond donors (Lipinski definition) is 1. The Kier molecular flexibility index (Phi) is 8.37. The molecule has 0 bridgehead atoms. The second-order valence-corrected chi connectivity index (χ2v) is 2.13. The minimum atomic E-state index is 1.14. The van der Waals surface area contributed by atoms with Crippen LogP contribution in [0.15, 0.2) is 30.6 Å². The monoisotopic (exact) mass is 152 g/mol. The van der Waals surface area contributed by atoms with Gasteiger partial charge in [-0.2, -0.15) is 0 Å². The zero-order valence-corrected chi connectivity index (χ0v) is 7.25. The van der Waals surface area contributed by atoms with Crippen molar-refractivity contribution < 1.29 is 0 Å². The number of pyridine rings is 1. The largest absolute Gasteiger partial charge is 0.320 e. The van der Waals surface area contributed by atoms with Gasteiger partial charge in [-0.1, -0.05) is 13.0 Å².